The largest absolute Gasteiger partial charge is 0.497 e. The third kappa shape index (κ3) is 4.20. The van der Waals surface area contributed by atoms with Crippen molar-refractivity contribution >= 4 is 33.5 Å². The minimum absolute atomic E-state index is 0.0565. The van der Waals surface area contributed by atoms with E-state index < -0.39 is 5.97 Å². The van der Waals surface area contributed by atoms with Crippen LogP contribution in [-0.2, 0) is 9.59 Å². The first-order chi connectivity index (χ1) is 9.99. The quantitative estimate of drug-likeness (QED) is 0.868. The Morgan fingerprint density at radius 3 is 2.38 bits per heavy atom. The Balaban J connectivity index is 1.96. The molecule has 114 valence electrons. The minimum Gasteiger partial charge on any atom is -0.497 e. The van der Waals surface area contributed by atoms with Crippen molar-refractivity contribution in [2.75, 3.05) is 12.4 Å². The summed E-state index contributed by atoms with van der Waals surface area (Å²) < 4.78 is 5.98. The molecule has 1 aromatic rings. The molecule has 0 spiro atoms. The van der Waals surface area contributed by atoms with Crippen molar-refractivity contribution in [1.82, 2.24) is 0 Å². The van der Waals surface area contributed by atoms with E-state index in [9.17, 15) is 9.59 Å². The molecule has 2 N–H and O–H groups in total. The van der Waals surface area contributed by atoms with Gasteiger partial charge in [-0.1, -0.05) is 15.9 Å². The van der Waals surface area contributed by atoms with Crippen molar-refractivity contribution in [2.24, 2.45) is 11.8 Å². The Labute approximate surface area is 131 Å². The van der Waals surface area contributed by atoms with E-state index in [0.29, 0.717) is 37.1 Å². The molecule has 2 rings (SSSR count). The molecule has 0 unspecified atom stereocenters. The van der Waals surface area contributed by atoms with Crippen molar-refractivity contribution in [3.05, 3.63) is 22.7 Å². The lowest BCUT2D eigenvalue weighted by Gasteiger charge is -2.25. The summed E-state index contributed by atoms with van der Waals surface area (Å²) in [5.41, 5.74) is 0.673. The van der Waals surface area contributed by atoms with Crippen molar-refractivity contribution < 1.29 is 19.4 Å². The van der Waals surface area contributed by atoms with E-state index in [0.717, 1.165) is 4.47 Å². The molecule has 21 heavy (non-hydrogen) atoms. The summed E-state index contributed by atoms with van der Waals surface area (Å²) in [5, 5.41) is 11.8. The fraction of sp³-hybridized carbons (Fsp3) is 0.467. The average molecular weight is 356 g/mol. The molecule has 0 heterocycles. The van der Waals surface area contributed by atoms with E-state index in [1.54, 1.807) is 13.2 Å². The first kappa shape index (κ1) is 15.8. The zero-order valence-corrected chi connectivity index (χ0v) is 13.4. The maximum absolute atomic E-state index is 12.2. The fourth-order valence-electron chi connectivity index (χ4n) is 2.60. The van der Waals surface area contributed by atoms with Crippen molar-refractivity contribution in [3.8, 4) is 5.75 Å². The Hall–Kier alpha value is -1.56. The van der Waals surface area contributed by atoms with Crippen LogP contribution in [0.15, 0.2) is 22.7 Å². The third-order valence-electron chi connectivity index (χ3n) is 3.82. The van der Waals surface area contributed by atoms with Gasteiger partial charge in [0.15, 0.2) is 0 Å². The summed E-state index contributed by atoms with van der Waals surface area (Å²) >= 11 is 3.37. The molecule has 1 aliphatic rings. The highest BCUT2D eigenvalue weighted by Crippen LogP contribution is 2.31. The third-order valence-corrected chi connectivity index (χ3v) is 4.28. The Kier molecular flexibility index (Phi) is 5.22. The van der Waals surface area contributed by atoms with Crippen LogP contribution in [0, 0.1) is 11.8 Å². The highest BCUT2D eigenvalue weighted by atomic mass is 79.9. The molecule has 1 aromatic carbocycles. The monoisotopic (exact) mass is 355 g/mol. The van der Waals surface area contributed by atoms with Gasteiger partial charge in [0.1, 0.15) is 5.75 Å². The molecule has 0 aromatic heterocycles. The number of hydrogen-bond acceptors (Lipinski definition) is 3. The molecule has 1 aliphatic carbocycles. The van der Waals surface area contributed by atoms with Gasteiger partial charge in [-0.15, -0.1) is 0 Å². The standard InChI is InChI=1S/C15H18BrNO4/c1-21-13-7-11(16)6-12(8-13)17-14(18)9-2-4-10(5-3-9)15(19)20/h6-10H,2-5H2,1H3,(H,17,18)(H,19,20). The highest BCUT2D eigenvalue weighted by molar-refractivity contribution is 9.10. The molecular weight excluding hydrogens is 338 g/mol. The number of rotatable bonds is 4. The lowest BCUT2D eigenvalue weighted by molar-refractivity contribution is -0.143. The maximum atomic E-state index is 12.2. The number of carboxylic acid groups (broad SMARTS) is 1. The molecule has 6 heteroatoms. The average Bonchev–Trinajstić information content (AvgIpc) is 2.46. The van der Waals surface area contributed by atoms with Crippen LogP contribution >= 0.6 is 15.9 Å². The number of methoxy groups -OCH3 is 1. The number of carboxylic acids is 1. The van der Waals surface area contributed by atoms with Gasteiger partial charge in [0.2, 0.25) is 5.91 Å². The SMILES string of the molecule is COc1cc(Br)cc(NC(=O)C2CCC(C(=O)O)CC2)c1. The second-order valence-corrected chi connectivity index (χ2v) is 6.17. The Bertz CT molecular complexity index is 538. The number of carbonyl (C=O) groups is 2. The number of nitrogens with one attached hydrogen (secondary N) is 1. The Morgan fingerprint density at radius 2 is 1.81 bits per heavy atom. The number of amides is 1. The number of carbonyl (C=O) groups excluding carboxylic acids is 1. The van der Waals surface area contributed by atoms with Gasteiger partial charge in [-0.25, -0.2) is 0 Å². The molecule has 0 aliphatic heterocycles. The number of aliphatic carboxylic acids is 1. The summed E-state index contributed by atoms with van der Waals surface area (Å²) in [6.07, 6.45) is 2.37. The lowest BCUT2D eigenvalue weighted by Crippen LogP contribution is -2.29. The van der Waals surface area contributed by atoms with E-state index in [4.69, 9.17) is 9.84 Å². The van der Waals surface area contributed by atoms with Gasteiger partial charge in [-0.2, -0.15) is 0 Å². The Morgan fingerprint density at radius 1 is 1.19 bits per heavy atom. The van der Waals surface area contributed by atoms with Crippen molar-refractivity contribution in [2.45, 2.75) is 25.7 Å². The predicted octanol–water partition coefficient (Wildman–Crippen LogP) is 3.29. The fourth-order valence-corrected chi connectivity index (χ4v) is 3.07. The summed E-state index contributed by atoms with van der Waals surface area (Å²) in [5.74, 6) is -0.579. The number of ether oxygens (including phenoxy) is 1. The predicted molar refractivity (Wildman–Crippen MR) is 82.4 cm³/mol. The molecule has 5 nitrogen and oxygen atoms in total. The first-order valence-corrected chi connectivity index (χ1v) is 7.67. The van der Waals surface area contributed by atoms with Crippen molar-refractivity contribution in [1.29, 1.82) is 0 Å². The number of anilines is 1. The van der Waals surface area contributed by atoms with Crippen LogP contribution in [0.2, 0.25) is 0 Å². The van der Waals surface area contributed by atoms with Gasteiger partial charge < -0.3 is 15.2 Å². The van der Waals surface area contributed by atoms with Gasteiger partial charge in [0.05, 0.1) is 13.0 Å². The minimum atomic E-state index is -0.759. The maximum Gasteiger partial charge on any atom is 0.306 e. The normalized spacial score (nSPS) is 21.6. The topological polar surface area (TPSA) is 75.6 Å². The highest BCUT2D eigenvalue weighted by Gasteiger charge is 2.29. The van der Waals surface area contributed by atoms with Gasteiger partial charge in [0.25, 0.3) is 0 Å². The summed E-state index contributed by atoms with van der Waals surface area (Å²) in [7, 11) is 1.57. The van der Waals surface area contributed by atoms with Crippen molar-refractivity contribution in [3.63, 3.8) is 0 Å². The molecule has 0 radical (unpaired) electrons. The van der Waals surface area contributed by atoms with E-state index in [2.05, 4.69) is 21.2 Å². The zero-order valence-electron chi connectivity index (χ0n) is 11.8. The summed E-state index contributed by atoms with van der Waals surface area (Å²) in [6, 6.07) is 5.38. The number of hydrogen-bond donors (Lipinski definition) is 2. The molecule has 0 bridgehead atoms. The van der Waals surface area contributed by atoms with Gasteiger partial charge in [-0.3, -0.25) is 9.59 Å². The van der Waals surface area contributed by atoms with Crippen LogP contribution in [0.4, 0.5) is 5.69 Å². The smallest absolute Gasteiger partial charge is 0.306 e. The number of benzene rings is 1. The van der Waals surface area contributed by atoms with E-state index in [1.807, 2.05) is 12.1 Å². The molecule has 1 saturated carbocycles. The first-order valence-electron chi connectivity index (χ1n) is 6.88. The zero-order chi connectivity index (χ0) is 15.4. The van der Waals surface area contributed by atoms with Crippen LogP contribution in [0.3, 0.4) is 0 Å². The lowest BCUT2D eigenvalue weighted by atomic mass is 9.81. The summed E-state index contributed by atoms with van der Waals surface area (Å²) in [6.45, 7) is 0. The van der Waals surface area contributed by atoms with Crippen LogP contribution < -0.4 is 10.1 Å². The second kappa shape index (κ2) is 6.93. The molecular formula is C15H18BrNO4. The van der Waals surface area contributed by atoms with E-state index in [-0.39, 0.29) is 17.7 Å². The second-order valence-electron chi connectivity index (χ2n) is 5.26. The van der Waals surface area contributed by atoms with E-state index in [1.165, 1.54) is 0 Å². The summed E-state index contributed by atoms with van der Waals surface area (Å²) in [4.78, 5) is 23.2. The van der Waals surface area contributed by atoms with E-state index >= 15 is 0 Å². The molecule has 0 atom stereocenters. The van der Waals surface area contributed by atoms with Crippen LogP contribution in [0.1, 0.15) is 25.7 Å². The molecule has 1 fully saturated rings. The van der Waals surface area contributed by atoms with Gasteiger partial charge in [-0.05, 0) is 37.8 Å². The van der Waals surface area contributed by atoms with Gasteiger partial charge >= 0.3 is 5.97 Å². The number of halogens is 1. The molecule has 1 amide bonds. The van der Waals surface area contributed by atoms with Gasteiger partial charge in [0, 0.05) is 22.1 Å². The molecule has 0 saturated heterocycles. The van der Waals surface area contributed by atoms with Crippen LogP contribution in [0.25, 0.3) is 0 Å². The van der Waals surface area contributed by atoms with Crippen LogP contribution in [-0.4, -0.2) is 24.1 Å². The van der Waals surface area contributed by atoms with Crippen LogP contribution in [0.5, 0.6) is 5.75 Å².